The zero-order valence-electron chi connectivity index (χ0n) is 11.0. The lowest BCUT2D eigenvalue weighted by molar-refractivity contribution is -0.146. The Bertz CT molecular complexity index is 414. The normalized spacial score (nSPS) is 12.5. The molecule has 0 aromatic rings. The predicted octanol–water partition coefficient (Wildman–Crippen LogP) is 0.0644. The van der Waals surface area contributed by atoms with Gasteiger partial charge in [-0.2, -0.15) is 4.31 Å². The summed E-state index contributed by atoms with van der Waals surface area (Å²) in [7, 11) is -2.67. The van der Waals surface area contributed by atoms with E-state index in [9.17, 15) is 18.0 Å². The Morgan fingerprint density at radius 1 is 1.33 bits per heavy atom. The van der Waals surface area contributed by atoms with Crippen LogP contribution in [0.5, 0.6) is 0 Å². The molecule has 0 aromatic carbocycles. The number of sulfonamides is 1. The Morgan fingerprint density at radius 2 is 1.83 bits per heavy atom. The molecule has 0 radical (unpaired) electrons. The molecule has 0 aliphatic carbocycles. The van der Waals surface area contributed by atoms with Gasteiger partial charge in [-0.25, -0.2) is 8.42 Å². The van der Waals surface area contributed by atoms with Gasteiger partial charge in [0.1, 0.15) is 5.54 Å². The van der Waals surface area contributed by atoms with Gasteiger partial charge in [0, 0.05) is 6.54 Å². The highest BCUT2D eigenvalue weighted by molar-refractivity contribution is 7.89. The minimum atomic E-state index is -3.83. The van der Waals surface area contributed by atoms with E-state index < -0.39 is 33.3 Å². The second kappa shape index (κ2) is 6.14. The molecule has 0 bridgehead atoms. The van der Waals surface area contributed by atoms with Crippen molar-refractivity contribution in [1.82, 2.24) is 4.31 Å². The molecule has 1 N–H and O–H groups in total. The van der Waals surface area contributed by atoms with Gasteiger partial charge in [-0.05, 0) is 13.8 Å². The maximum atomic E-state index is 12.0. The number of carbonyl (C=O) groups excluding carboxylic acids is 1. The number of hydrogen-bond acceptors (Lipinski definition) is 5. The summed E-state index contributed by atoms with van der Waals surface area (Å²) in [5.41, 5.74) is -1.55. The van der Waals surface area contributed by atoms with E-state index in [1.165, 1.54) is 13.8 Å². The molecule has 0 aromatic heterocycles. The fraction of sp³-hybridized carbons (Fsp3) is 0.800. The number of methoxy groups -OCH3 is 1. The monoisotopic (exact) mass is 281 g/mol. The Kier molecular flexibility index (Phi) is 5.75. The Labute approximate surface area is 107 Å². The van der Waals surface area contributed by atoms with Crippen LogP contribution in [-0.4, -0.2) is 54.7 Å². The summed E-state index contributed by atoms with van der Waals surface area (Å²) in [5.74, 6) is -2.36. The van der Waals surface area contributed by atoms with Crippen molar-refractivity contribution in [3.63, 3.8) is 0 Å². The van der Waals surface area contributed by atoms with Gasteiger partial charge in [0.2, 0.25) is 10.0 Å². The summed E-state index contributed by atoms with van der Waals surface area (Å²) < 4.78 is 29.2. The fourth-order valence-electron chi connectivity index (χ4n) is 1.47. The molecule has 0 heterocycles. The van der Waals surface area contributed by atoms with Crippen molar-refractivity contribution in [3.05, 3.63) is 0 Å². The molecule has 0 unspecified atom stereocenters. The molecule has 0 amide bonds. The SMILES string of the molecule is CCN(C(C)(C)C(=O)O)S(=O)(=O)CCC(=O)OC. The molecule has 0 saturated carbocycles. The quantitative estimate of drug-likeness (QED) is 0.662. The first-order valence-corrected chi connectivity index (χ1v) is 7.01. The molecule has 0 aliphatic rings. The van der Waals surface area contributed by atoms with Crippen molar-refractivity contribution in [2.75, 3.05) is 19.4 Å². The van der Waals surface area contributed by atoms with E-state index in [0.29, 0.717) is 0 Å². The van der Waals surface area contributed by atoms with Gasteiger partial charge in [0.25, 0.3) is 0 Å². The third-order valence-electron chi connectivity index (χ3n) is 2.56. The average molecular weight is 281 g/mol. The number of carboxylic acids is 1. The molecule has 18 heavy (non-hydrogen) atoms. The summed E-state index contributed by atoms with van der Waals surface area (Å²) >= 11 is 0. The highest BCUT2D eigenvalue weighted by atomic mass is 32.2. The molecule has 0 rings (SSSR count). The third kappa shape index (κ3) is 3.95. The Balaban J connectivity index is 5.06. The van der Waals surface area contributed by atoms with Crippen LogP contribution < -0.4 is 0 Å². The number of esters is 1. The summed E-state index contributed by atoms with van der Waals surface area (Å²) in [4.78, 5) is 22.0. The van der Waals surface area contributed by atoms with Crippen molar-refractivity contribution in [3.8, 4) is 0 Å². The van der Waals surface area contributed by atoms with Crippen molar-refractivity contribution in [1.29, 1.82) is 0 Å². The maximum absolute atomic E-state index is 12.0. The molecule has 8 heteroatoms. The van der Waals surface area contributed by atoms with Gasteiger partial charge in [-0.15, -0.1) is 0 Å². The van der Waals surface area contributed by atoms with E-state index in [4.69, 9.17) is 5.11 Å². The first-order valence-electron chi connectivity index (χ1n) is 5.40. The zero-order valence-corrected chi connectivity index (χ0v) is 11.8. The molecular weight excluding hydrogens is 262 g/mol. The second-order valence-corrected chi connectivity index (χ2v) is 6.18. The van der Waals surface area contributed by atoms with Crippen molar-refractivity contribution >= 4 is 22.0 Å². The predicted molar refractivity (Wildman–Crippen MR) is 64.5 cm³/mol. The smallest absolute Gasteiger partial charge is 0.324 e. The van der Waals surface area contributed by atoms with E-state index in [1.54, 1.807) is 6.92 Å². The lowest BCUT2D eigenvalue weighted by Crippen LogP contribution is -2.53. The zero-order chi connectivity index (χ0) is 14.6. The molecule has 0 spiro atoms. The summed E-state index contributed by atoms with van der Waals surface area (Å²) in [6.07, 6.45) is -0.301. The second-order valence-electron chi connectivity index (χ2n) is 4.17. The summed E-state index contributed by atoms with van der Waals surface area (Å²) in [6.45, 7) is 4.16. The van der Waals surface area contributed by atoms with Crippen LogP contribution in [0.25, 0.3) is 0 Å². The molecule has 106 valence electrons. The molecule has 0 fully saturated rings. The standard InChI is InChI=1S/C10H19NO6S/c1-5-11(10(2,3)9(13)14)18(15,16)7-6-8(12)17-4/h5-7H2,1-4H3,(H,13,14). The topological polar surface area (TPSA) is 101 Å². The number of rotatable bonds is 7. The van der Waals surface area contributed by atoms with Crippen LogP contribution in [0.4, 0.5) is 0 Å². The van der Waals surface area contributed by atoms with Crippen LogP contribution in [0, 0.1) is 0 Å². The van der Waals surface area contributed by atoms with Crippen LogP contribution in [0.3, 0.4) is 0 Å². The number of nitrogens with zero attached hydrogens (tertiary/aromatic N) is 1. The minimum Gasteiger partial charge on any atom is -0.480 e. The van der Waals surface area contributed by atoms with Gasteiger partial charge < -0.3 is 9.84 Å². The van der Waals surface area contributed by atoms with E-state index >= 15 is 0 Å². The highest BCUT2D eigenvalue weighted by Gasteiger charge is 2.40. The molecule has 7 nitrogen and oxygen atoms in total. The summed E-state index contributed by atoms with van der Waals surface area (Å²) in [6, 6.07) is 0. The Hall–Kier alpha value is -1.15. The number of carbonyl (C=O) groups is 2. The van der Waals surface area contributed by atoms with Crippen molar-refractivity contribution in [2.24, 2.45) is 0 Å². The van der Waals surface area contributed by atoms with Gasteiger partial charge >= 0.3 is 11.9 Å². The molecular formula is C10H19NO6S. The van der Waals surface area contributed by atoms with Gasteiger partial charge in [0.15, 0.2) is 0 Å². The lowest BCUT2D eigenvalue weighted by Gasteiger charge is -2.32. The van der Waals surface area contributed by atoms with Crippen LogP contribution in [0.2, 0.25) is 0 Å². The van der Waals surface area contributed by atoms with Crippen LogP contribution in [0.1, 0.15) is 27.2 Å². The molecule has 0 aliphatic heterocycles. The van der Waals surface area contributed by atoms with Crippen LogP contribution >= 0.6 is 0 Å². The van der Waals surface area contributed by atoms with Crippen LogP contribution in [-0.2, 0) is 24.3 Å². The number of likely N-dealkylation sites (N-methyl/N-ethyl adjacent to an activating group) is 1. The summed E-state index contributed by atoms with van der Waals surface area (Å²) in [5, 5.41) is 9.03. The minimum absolute atomic E-state index is 0.0167. The highest BCUT2D eigenvalue weighted by Crippen LogP contribution is 2.19. The van der Waals surface area contributed by atoms with Gasteiger partial charge in [0.05, 0.1) is 19.3 Å². The van der Waals surface area contributed by atoms with E-state index in [1.807, 2.05) is 0 Å². The van der Waals surface area contributed by atoms with Crippen molar-refractivity contribution in [2.45, 2.75) is 32.7 Å². The first kappa shape index (κ1) is 16.9. The molecule has 0 saturated heterocycles. The van der Waals surface area contributed by atoms with Gasteiger partial charge in [-0.1, -0.05) is 6.92 Å². The number of hydrogen-bond donors (Lipinski definition) is 1. The van der Waals surface area contributed by atoms with Crippen molar-refractivity contribution < 1.29 is 27.9 Å². The average Bonchev–Trinajstić information content (AvgIpc) is 2.25. The number of ether oxygens (including phenoxy) is 1. The number of aliphatic carboxylic acids is 1. The Morgan fingerprint density at radius 3 is 2.17 bits per heavy atom. The maximum Gasteiger partial charge on any atom is 0.324 e. The molecule has 0 atom stereocenters. The van der Waals surface area contributed by atoms with Crippen LogP contribution in [0.15, 0.2) is 0 Å². The number of carboxylic acid groups (broad SMARTS) is 1. The third-order valence-corrected chi connectivity index (χ3v) is 4.67. The van der Waals surface area contributed by atoms with E-state index in [2.05, 4.69) is 4.74 Å². The fourth-order valence-corrected chi connectivity index (χ4v) is 3.28. The lowest BCUT2D eigenvalue weighted by atomic mass is 10.1. The largest absolute Gasteiger partial charge is 0.480 e. The van der Waals surface area contributed by atoms with E-state index in [-0.39, 0.29) is 13.0 Å². The first-order chi connectivity index (χ1) is 8.09. The van der Waals surface area contributed by atoms with E-state index in [0.717, 1.165) is 11.4 Å². The van der Waals surface area contributed by atoms with Gasteiger partial charge in [-0.3, -0.25) is 9.59 Å².